The highest BCUT2D eigenvalue weighted by Crippen LogP contribution is 2.18. The van der Waals surface area contributed by atoms with Crippen LogP contribution in [-0.2, 0) is 11.3 Å². The van der Waals surface area contributed by atoms with Crippen LogP contribution in [0, 0.1) is 11.3 Å². The summed E-state index contributed by atoms with van der Waals surface area (Å²) in [7, 11) is 1.88. The minimum Gasteiger partial charge on any atom is -0.492 e. The molecule has 1 unspecified atom stereocenters. The van der Waals surface area contributed by atoms with E-state index >= 15 is 0 Å². The van der Waals surface area contributed by atoms with Crippen LogP contribution < -0.4 is 10.6 Å². The van der Waals surface area contributed by atoms with Crippen LogP contribution in [0.1, 0.15) is 17.7 Å². The molecule has 5 nitrogen and oxygen atoms in total. The van der Waals surface area contributed by atoms with E-state index in [4.69, 9.17) is 10.00 Å². The van der Waals surface area contributed by atoms with Crippen molar-refractivity contribution in [3.8, 4) is 6.07 Å². The molecule has 0 amide bonds. The first-order valence-electron chi connectivity index (χ1n) is 6.54. The molecule has 20 heavy (non-hydrogen) atoms. The summed E-state index contributed by atoms with van der Waals surface area (Å²) in [6.07, 6.45) is 4.20. The number of pyridine rings is 1. The topological polar surface area (TPSA) is 70.0 Å². The zero-order chi connectivity index (χ0) is 14.4. The Morgan fingerprint density at radius 3 is 3.05 bits per heavy atom. The van der Waals surface area contributed by atoms with Gasteiger partial charge in [0.1, 0.15) is 11.8 Å². The highest BCUT2D eigenvalue weighted by Gasteiger charge is 2.21. The minimum absolute atomic E-state index is 0.194. The Morgan fingerprint density at radius 1 is 1.60 bits per heavy atom. The van der Waals surface area contributed by atoms with Crippen LogP contribution in [0.3, 0.4) is 0 Å². The number of ether oxygens (including phenoxy) is 1. The molecule has 104 valence electrons. The lowest BCUT2D eigenvalue weighted by molar-refractivity contribution is 0.179. The van der Waals surface area contributed by atoms with Crippen molar-refractivity contribution in [3.05, 3.63) is 53.7 Å². The summed E-state index contributed by atoms with van der Waals surface area (Å²) in [6.45, 7) is 5.08. The fourth-order valence-corrected chi connectivity index (χ4v) is 2.17. The molecule has 0 radical (unpaired) electrons. The number of nitrogens with one attached hydrogen (secondary N) is 2. The first-order valence-corrected chi connectivity index (χ1v) is 6.54. The second-order valence-electron chi connectivity index (χ2n) is 4.45. The molecule has 0 aliphatic carbocycles. The minimum atomic E-state index is 0.194. The van der Waals surface area contributed by atoms with Crippen molar-refractivity contribution >= 4 is 0 Å². The standard InChI is InChI=1S/C15H18N4O/c1-3-14-15(17-2)13(6-7-20-14)19-10-12-5-4-11(8-16)9-18-12/h3-5,9,13,17,19H,1,6-7,10H2,2H3. The van der Waals surface area contributed by atoms with Gasteiger partial charge in [0.25, 0.3) is 0 Å². The van der Waals surface area contributed by atoms with E-state index in [9.17, 15) is 0 Å². The summed E-state index contributed by atoms with van der Waals surface area (Å²) in [6, 6.07) is 5.89. The van der Waals surface area contributed by atoms with Crippen LogP contribution in [0.25, 0.3) is 0 Å². The first-order chi connectivity index (χ1) is 9.78. The van der Waals surface area contributed by atoms with Crippen LogP contribution in [0.4, 0.5) is 0 Å². The quantitative estimate of drug-likeness (QED) is 0.847. The van der Waals surface area contributed by atoms with E-state index in [2.05, 4.69) is 28.3 Å². The fraction of sp³-hybridized carbons (Fsp3) is 0.333. The van der Waals surface area contributed by atoms with Crippen LogP contribution >= 0.6 is 0 Å². The smallest absolute Gasteiger partial charge is 0.139 e. The Hall–Kier alpha value is -2.32. The first kappa shape index (κ1) is 14.1. The second kappa shape index (κ2) is 6.73. The summed E-state index contributed by atoms with van der Waals surface area (Å²) in [4.78, 5) is 4.25. The summed E-state index contributed by atoms with van der Waals surface area (Å²) in [5, 5.41) is 15.4. The zero-order valence-electron chi connectivity index (χ0n) is 11.5. The van der Waals surface area contributed by atoms with Gasteiger partial charge in [-0.3, -0.25) is 4.98 Å². The van der Waals surface area contributed by atoms with Crippen molar-refractivity contribution < 1.29 is 4.74 Å². The fourth-order valence-electron chi connectivity index (χ4n) is 2.17. The van der Waals surface area contributed by atoms with Crippen LogP contribution in [-0.4, -0.2) is 24.7 Å². The van der Waals surface area contributed by atoms with E-state index in [0.29, 0.717) is 18.7 Å². The maximum atomic E-state index is 8.74. The average molecular weight is 270 g/mol. The van der Waals surface area contributed by atoms with Gasteiger partial charge in [-0.2, -0.15) is 5.26 Å². The van der Waals surface area contributed by atoms with Gasteiger partial charge >= 0.3 is 0 Å². The van der Waals surface area contributed by atoms with E-state index < -0.39 is 0 Å². The molecule has 0 fully saturated rings. The highest BCUT2D eigenvalue weighted by atomic mass is 16.5. The number of aromatic nitrogens is 1. The van der Waals surface area contributed by atoms with Crippen LogP contribution in [0.5, 0.6) is 0 Å². The molecule has 1 aliphatic rings. The molecule has 2 rings (SSSR count). The van der Waals surface area contributed by atoms with Crippen molar-refractivity contribution in [1.82, 2.24) is 15.6 Å². The van der Waals surface area contributed by atoms with Gasteiger partial charge < -0.3 is 15.4 Å². The predicted octanol–water partition coefficient (Wildman–Crippen LogP) is 1.45. The van der Waals surface area contributed by atoms with Crippen molar-refractivity contribution in [3.63, 3.8) is 0 Å². The van der Waals surface area contributed by atoms with Crippen molar-refractivity contribution in [2.45, 2.75) is 19.0 Å². The highest BCUT2D eigenvalue weighted by molar-refractivity contribution is 5.27. The predicted molar refractivity (Wildman–Crippen MR) is 76.4 cm³/mol. The molecule has 5 heteroatoms. The van der Waals surface area contributed by atoms with Crippen LogP contribution in [0.15, 0.2) is 42.4 Å². The second-order valence-corrected chi connectivity index (χ2v) is 4.45. The Morgan fingerprint density at radius 2 is 2.45 bits per heavy atom. The monoisotopic (exact) mass is 270 g/mol. The van der Waals surface area contributed by atoms with Gasteiger partial charge in [0.2, 0.25) is 0 Å². The number of nitriles is 1. The summed E-state index contributed by atoms with van der Waals surface area (Å²) in [5.74, 6) is 0.795. The normalized spacial score (nSPS) is 18.1. The summed E-state index contributed by atoms with van der Waals surface area (Å²) < 4.78 is 5.55. The average Bonchev–Trinajstić information content (AvgIpc) is 2.52. The van der Waals surface area contributed by atoms with Gasteiger partial charge in [-0.15, -0.1) is 0 Å². The Labute approximate surface area is 119 Å². The molecule has 1 atom stereocenters. The van der Waals surface area contributed by atoms with E-state index in [1.54, 1.807) is 18.3 Å². The van der Waals surface area contributed by atoms with E-state index in [1.807, 2.05) is 13.1 Å². The SMILES string of the molecule is C=CC1=C(NC)C(NCc2ccc(C#N)cn2)CCO1. The molecule has 2 N–H and O–H groups in total. The largest absolute Gasteiger partial charge is 0.492 e. The molecule has 1 aromatic heterocycles. The molecule has 0 spiro atoms. The third-order valence-electron chi connectivity index (χ3n) is 3.22. The lowest BCUT2D eigenvalue weighted by Gasteiger charge is -2.28. The Kier molecular flexibility index (Phi) is 4.75. The molecule has 2 heterocycles. The van der Waals surface area contributed by atoms with Gasteiger partial charge in [0.15, 0.2) is 0 Å². The van der Waals surface area contributed by atoms with Crippen LogP contribution in [0.2, 0.25) is 0 Å². The van der Waals surface area contributed by atoms with E-state index in [0.717, 1.165) is 23.6 Å². The third kappa shape index (κ3) is 3.16. The number of rotatable bonds is 5. The number of hydrogen-bond acceptors (Lipinski definition) is 5. The van der Waals surface area contributed by atoms with E-state index in [-0.39, 0.29) is 6.04 Å². The Bertz CT molecular complexity index is 542. The van der Waals surface area contributed by atoms with Gasteiger partial charge in [0, 0.05) is 26.2 Å². The molecular formula is C15H18N4O. The molecule has 1 aliphatic heterocycles. The van der Waals surface area contributed by atoms with Crippen molar-refractivity contribution in [2.75, 3.05) is 13.7 Å². The molecule has 1 aromatic rings. The van der Waals surface area contributed by atoms with Gasteiger partial charge in [-0.25, -0.2) is 0 Å². The number of allylic oxidation sites excluding steroid dienone is 1. The van der Waals surface area contributed by atoms with Gasteiger partial charge in [-0.05, 0) is 18.2 Å². The van der Waals surface area contributed by atoms with Gasteiger partial charge in [0.05, 0.1) is 29.6 Å². The lowest BCUT2D eigenvalue weighted by atomic mass is 10.1. The molecule has 0 aromatic carbocycles. The number of hydrogen-bond donors (Lipinski definition) is 2. The molecular weight excluding hydrogens is 252 g/mol. The third-order valence-corrected chi connectivity index (χ3v) is 3.22. The Balaban J connectivity index is 2.02. The van der Waals surface area contributed by atoms with Crippen molar-refractivity contribution in [1.29, 1.82) is 5.26 Å². The van der Waals surface area contributed by atoms with Crippen molar-refractivity contribution in [2.24, 2.45) is 0 Å². The number of nitrogens with zero attached hydrogens (tertiary/aromatic N) is 2. The van der Waals surface area contributed by atoms with E-state index in [1.165, 1.54) is 0 Å². The molecule has 0 saturated carbocycles. The number of likely N-dealkylation sites (N-methyl/N-ethyl adjacent to an activating group) is 1. The summed E-state index contributed by atoms with van der Waals surface area (Å²) >= 11 is 0. The zero-order valence-corrected chi connectivity index (χ0v) is 11.5. The maximum Gasteiger partial charge on any atom is 0.139 e. The van der Waals surface area contributed by atoms with Gasteiger partial charge in [-0.1, -0.05) is 6.58 Å². The lowest BCUT2D eigenvalue weighted by Crippen LogP contribution is -2.39. The molecule has 0 saturated heterocycles. The molecule has 0 bridgehead atoms. The summed E-state index contributed by atoms with van der Waals surface area (Å²) in [5.41, 5.74) is 2.50. The maximum absolute atomic E-state index is 8.74.